The summed E-state index contributed by atoms with van der Waals surface area (Å²) < 4.78 is 15.6. The molecule has 2 rings (SSSR count). The minimum absolute atomic E-state index is 0.411. The number of benzene rings is 1. The van der Waals surface area contributed by atoms with Crippen LogP contribution in [-0.2, 0) is 9.53 Å². The highest BCUT2D eigenvalue weighted by Crippen LogP contribution is 2.30. The van der Waals surface area contributed by atoms with E-state index in [4.69, 9.17) is 13.9 Å². The Morgan fingerprint density at radius 1 is 1.37 bits per heavy atom. The molecule has 0 amide bonds. The van der Waals surface area contributed by atoms with Gasteiger partial charge in [0.15, 0.2) is 6.29 Å². The van der Waals surface area contributed by atoms with E-state index in [1.165, 1.54) is 13.2 Å². The molecule has 0 spiro atoms. The summed E-state index contributed by atoms with van der Waals surface area (Å²) in [6, 6.07) is 6.28. The third-order valence-electron chi connectivity index (χ3n) is 2.75. The lowest BCUT2D eigenvalue weighted by Gasteiger charge is -2.15. The second-order valence-corrected chi connectivity index (χ2v) is 3.90. The maximum atomic E-state index is 11.2. The lowest BCUT2D eigenvalue weighted by Crippen LogP contribution is -2.07. The Morgan fingerprint density at radius 3 is 2.79 bits per heavy atom. The van der Waals surface area contributed by atoms with Crippen molar-refractivity contribution in [3.8, 4) is 5.75 Å². The smallest absolute Gasteiger partial charge is 0.336 e. The van der Waals surface area contributed by atoms with Gasteiger partial charge in [0.1, 0.15) is 17.4 Å². The molecule has 0 N–H and O–H groups in total. The van der Waals surface area contributed by atoms with E-state index in [0.29, 0.717) is 35.2 Å². The summed E-state index contributed by atoms with van der Waals surface area (Å²) >= 11 is 0. The van der Waals surface area contributed by atoms with E-state index in [2.05, 4.69) is 0 Å². The molecule has 0 aliphatic carbocycles. The van der Waals surface area contributed by atoms with Crippen LogP contribution in [0.5, 0.6) is 5.75 Å². The molecule has 0 aliphatic heterocycles. The van der Waals surface area contributed by atoms with Gasteiger partial charge in [-0.05, 0) is 19.1 Å². The second-order valence-electron chi connectivity index (χ2n) is 3.90. The largest absolute Gasteiger partial charge is 0.496 e. The van der Waals surface area contributed by atoms with Crippen molar-refractivity contribution in [3.05, 3.63) is 40.2 Å². The van der Waals surface area contributed by atoms with Crippen LogP contribution in [0.4, 0.5) is 0 Å². The zero-order valence-electron chi connectivity index (χ0n) is 10.7. The number of hydrogen-bond acceptors (Lipinski definition) is 5. The fourth-order valence-corrected chi connectivity index (χ4v) is 1.90. The number of aldehydes is 1. The summed E-state index contributed by atoms with van der Waals surface area (Å²) in [7, 11) is 1.49. The number of hydrogen-bond donors (Lipinski definition) is 0. The number of carbonyl (C=O) groups excluding carboxylic acids is 1. The van der Waals surface area contributed by atoms with E-state index in [0.717, 1.165) is 0 Å². The van der Waals surface area contributed by atoms with Gasteiger partial charge in [0, 0.05) is 29.7 Å². The highest BCUT2D eigenvalue weighted by atomic mass is 16.5. The molecule has 0 radical (unpaired) electrons. The van der Waals surface area contributed by atoms with Gasteiger partial charge in [-0.1, -0.05) is 0 Å². The monoisotopic (exact) mass is 262 g/mol. The Labute approximate surface area is 109 Å². The van der Waals surface area contributed by atoms with Crippen molar-refractivity contribution >= 4 is 17.3 Å². The average Bonchev–Trinajstić information content (AvgIpc) is 2.43. The fourth-order valence-electron chi connectivity index (χ4n) is 1.90. The zero-order chi connectivity index (χ0) is 13.8. The Kier molecular flexibility index (Phi) is 3.97. The van der Waals surface area contributed by atoms with Crippen LogP contribution in [0.25, 0.3) is 11.0 Å². The van der Waals surface area contributed by atoms with Gasteiger partial charge in [-0.25, -0.2) is 4.79 Å². The van der Waals surface area contributed by atoms with Crippen molar-refractivity contribution < 1.29 is 18.7 Å². The standard InChI is InChI=1S/C14H14O5/c1-3-18-13(8-15)10-6-9-4-5-14(16)19-11(9)7-12(10)17-2/h4-8,13H,3H2,1-2H3/t13-/m0/s1. The summed E-state index contributed by atoms with van der Waals surface area (Å²) in [6.07, 6.45) is 0.0167. The number of fused-ring (bicyclic) bond motifs is 1. The lowest BCUT2D eigenvalue weighted by molar-refractivity contribution is -0.118. The van der Waals surface area contributed by atoms with Gasteiger partial charge < -0.3 is 18.7 Å². The van der Waals surface area contributed by atoms with Crippen LogP contribution >= 0.6 is 0 Å². The maximum absolute atomic E-state index is 11.2. The van der Waals surface area contributed by atoms with E-state index in [1.54, 1.807) is 18.2 Å². The quantitative estimate of drug-likeness (QED) is 0.609. The zero-order valence-corrected chi connectivity index (χ0v) is 10.7. The van der Waals surface area contributed by atoms with Crippen molar-refractivity contribution in [2.45, 2.75) is 13.0 Å². The SMILES string of the molecule is CCO[C@@H](C=O)c1cc2ccc(=O)oc2cc1OC. The molecule has 0 saturated carbocycles. The number of methoxy groups -OCH3 is 1. The van der Waals surface area contributed by atoms with Crippen molar-refractivity contribution in [1.82, 2.24) is 0 Å². The Balaban J connectivity index is 2.62. The molecule has 5 nitrogen and oxygen atoms in total. The van der Waals surface area contributed by atoms with Gasteiger partial charge >= 0.3 is 5.63 Å². The first kappa shape index (κ1) is 13.3. The first-order chi connectivity index (χ1) is 9.19. The maximum Gasteiger partial charge on any atom is 0.336 e. The minimum Gasteiger partial charge on any atom is -0.496 e. The van der Waals surface area contributed by atoms with E-state index in [1.807, 2.05) is 6.92 Å². The van der Waals surface area contributed by atoms with E-state index in [9.17, 15) is 9.59 Å². The molecule has 0 saturated heterocycles. The molecule has 1 aromatic heterocycles. The van der Waals surface area contributed by atoms with Crippen LogP contribution < -0.4 is 10.4 Å². The highest BCUT2D eigenvalue weighted by molar-refractivity contribution is 5.81. The van der Waals surface area contributed by atoms with Crippen LogP contribution in [0.2, 0.25) is 0 Å². The summed E-state index contributed by atoms with van der Waals surface area (Å²) in [5.41, 5.74) is 0.592. The number of ether oxygens (including phenoxy) is 2. The van der Waals surface area contributed by atoms with Crippen LogP contribution in [0.15, 0.2) is 33.5 Å². The normalized spacial score (nSPS) is 12.3. The Bertz CT molecular complexity index is 644. The van der Waals surface area contributed by atoms with Gasteiger partial charge in [0.2, 0.25) is 0 Å². The molecular formula is C14H14O5. The highest BCUT2D eigenvalue weighted by Gasteiger charge is 2.17. The van der Waals surface area contributed by atoms with E-state index in [-0.39, 0.29) is 0 Å². The number of rotatable bonds is 5. The van der Waals surface area contributed by atoms with Crippen molar-refractivity contribution in [1.29, 1.82) is 0 Å². The molecule has 5 heteroatoms. The second kappa shape index (κ2) is 5.67. The molecule has 0 unspecified atom stereocenters. The van der Waals surface area contributed by atoms with Crippen molar-refractivity contribution in [2.24, 2.45) is 0 Å². The molecule has 100 valence electrons. The Morgan fingerprint density at radius 2 is 2.16 bits per heavy atom. The third kappa shape index (κ3) is 2.66. The molecule has 1 atom stereocenters. The molecule has 0 fully saturated rings. The predicted molar refractivity (Wildman–Crippen MR) is 69.5 cm³/mol. The first-order valence-corrected chi connectivity index (χ1v) is 5.88. The number of carbonyl (C=O) groups is 1. The van der Waals surface area contributed by atoms with Gasteiger partial charge in [-0.3, -0.25) is 0 Å². The lowest BCUT2D eigenvalue weighted by atomic mass is 10.1. The fraction of sp³-hybridized carbons (Fsp3) is 0.286. The van der Waals surface area contributed by atoms with Crippen LogP contribution in [0, 0.1) is 0 Å². The molecule has 1 aromatic carbocycles. The van der Waals surface area contributed by atoms with Gasteiger partial charge in [0.05, 0.1) is 7.11 Å². The summed E-state index contributed by atoms with van der Waals surface area (Å²) in [5, 5.41) is 0.710. The summed E-state index contributed by atoms with van der Waals surface area (Å²) in [5.74, 6) is 0.451. The Hall–Kier alpha value is -2.14. The van der Waals surface area contributed by atoms with E-state index >= 15 is 0 Å². The molecular weight excluding hydrogens is 248 g/mol. The molecule has 1 heterocycles. The topological polar surface area (TPSA) is 65.7 Å². The van der Waals surface area contributed by atoms with Gasteiger partial charge in [0.25, 0.3) is 0 Å². The summed E-state index contributed by atoms with van der Waals surface area (Å²) in [6.45, 7) is 2.22. The molecule has 2 aromatic rings. The minimum atomic E-state index is -0.698. The predicted octanol–water partition coefficient (Wildman–Crippen LogP) is 2.08. The van der Waals surface area contributed by atoms with Crippen molar-refractivity contribution in [2.75, 3.05) is 13.7 Å². The molecule has 0 bridgehead atoms. The van der Waals surface area contributed by atoms with Crippen LogP contribution in [-0.4, -0.2) is 20.0 Å². The molecule has 0 aliphatic rings. The summed E-state index contributed by atoms with van der Waals surface area (Å²) in [4.78, 5) is 22.3. The molecule has 19 heavy (non-hydrogen) atoms. The van der Waals surface area contributed by atoms with Crippen LogP contribution in [0.3, 0.4) is 0 Å². The van der Waals surface area contributed by atoms with Crippen molar-refractivity contribution in [3.63, 3.8) is 0 Å². The van der Waals surface area contributed by atoms with Gasteiger partial charge in [-0.15, -0.1) is 0 Å². The van der Waals surface area contributed by atoms with E-state index < -0.39 is 11.7 Å². The first-order valence-electron chi connectivity index (χ1n) is 5.88. The average molecular weight is 262 g/mol. The van der Waals surface area contributed by atoms with Gasteiger partial charge in [-0.2, -0.15) is 0 Å². The van der Waals surface area contributed by atoms with Crippen LogP contribution in [0.1, 0.15) is 18.6 Å². The third-order valence-corrected chi connectivity index (χ3v) is 2.75.